The number of hydrogen-bond donors (Lipinski definition) is 4. The number of amides is 3. The summed E-state index contributed by atoms with van der Waals surface area (Å²) in [6.45, 7) is 0.424. The lowest BCUT2D eigenvalue weighted by atomic mass is 10.2. The fourth-order valence-corrected chi connectivity index (χ4v) is 1.55. The molecule has 0 unspecified atom stereocenters. The number of carboxylic acid groups (broad SMARTS) is 1. The van der Waals surface area contributed by atoms with Crippen molar-refractivity contribution >= 4 is 23.6 Å². The molecule has 108 valence electrons. The first kappa shape index (κ1) is 15.5. The summed E-state index contributed by atoms with van der Waals surface area (Å²) in [6.07, 6.45) is 1.24. The zero-order chi connectivity index (χ0) is 15.0. The summed E-state index contributed by atoms with van der Waals surface area (Å²) in [5, 5.41) is 13.5. The molecule has 1 rings (SSSR count). The number of benzene rings is 1. The molecule has 0 radical (unpaired) electrons. The highest BCUT2D eigenvalue weighted by Crippen LogP contribution is 2.09. The maximum atomic E-state index is 11.7. The number of carboxylic acids is 1. The zero-order valence-corrected chi connectivity index (χ0v) is 10.9. The Kier molecular flexibility index (Phi) is 6.02. The summed E-state index contributed by atoms with van der Waals surface area (Å²) >= 11 is 0. The van der Waals surface area contributed by atoms with Crippen LogP contribution in [0.5, 0.6) is 0 Å². The van der Waals surface area contributed by atoms with E-state index in [-0.39, 0.29) is 12.3 Å². The van der Waals surface area contributed by atoms with E-state index >= 15 is 0 Å². The van der Waals surface area contributed by atoms with Crippen molar-refractivity contribution in [2.24, 2.45) is 5.73 Å². The summed E-state index contributed by atoms with van der Waals surface area (Å²) < 4.78 is 0. The number of nitrogens with one attached hydrogen (secondary N) is 2. The van der Waals surface area contributed by atoms with Crippen molar-refractivity contribution in [1.29, 1.82) is 0 Å². The molecule has 7 heteroatoms. The molecule has 0 saturated carbocycles. The Morgan fingerprint density at radius 3 is 2.30 bits per heavy atom. The van der Waals surface area contributed by atoms with Crippen LogP contribution in [0.25, 0.3) is 0 Å². The van der Waals surface area contributed by atoms with E-state index in [9.17, 15) is 14.4 Å². The smallest absolute Gasteiger partial charge is 0.316 e. The van der Waals surface area contributed by atoms with Crippen molar-refractivity contribution in [3.05, 3.63) is 29.8 Å². The molecule has 1 aromatic carbocycles. The molecule has 0 bridgehead atoms. The van der Waals surface area contributed by atoms with Gasteiger partial charge in [-0.3, -0.25) is 9.59 Å². The second-order valence-corrected chi connectivity index (χ2v) is 4.17. The summed E-state index contributed by atoms with van der Waals surface area (Å²) in [6, 6.07) is 5.62. The minimum Gasteiger partial charge on any atom is -0.481 e. The molecule has 0 aliphatic heterocycles. The molecule has 20 heavy (non-hydrogen) atoms. The molecule has 0 saturated heterocycles. The minimum atomic E-state index is -0.839. The maximum absolute atomic E-state index is 11.7. The Morgan fingerprint density at radius 1 is 1.10 bits per heavy atom. The van der Waals surface area contributed by atoms with Gasteiger partial charge in [-0.2, -0.15) is 0 Å². The van der Waals surface area contributed by atoms with E-state index in [1.807, 2.05) is 0 Å². The van der Waals surface area contributed by atoms with Gasteiger partial charge in [0.05, 0.1) is 0 Å². The first-order valence-electron chi connectivity index (χ1n) is 6.15. The summed E-state index contributed by atoms with van der Waals surface area (Å²) in [4.78, 5) is 32.7. The topological polar surface area (TPSA) is 122 Å². The third-order valence-electron chi connectivity index (χ3n) is 2.52. The zero-order valence-electron chi connectivity index (χ0n) is 10.9. The third-order valence-corrected chi connectivity index (χ3v) is 2.52. The van der Waals surface area contributed by atoms with E-state index in [2.05, 4.69) is 10.6 Å². The van der Waals surface area contributed by atoms with Crippen LogP contribution in [-0.4, -0.2) is 29.6 Å². The average Bonchev–Trinajstić information content (AvgIpc) is 2.38. The van der Waals surface area contributed by atoms with Gasteiger partial charge in [-0.05, 0) is 37.1 Å². The minimum absolute atomic E-state index is 0.101. The van der Waals surface area contributed by atoms with Crippen molar-refractivity contribution in [3.8, 4) is 0 Å². The highest BCUT2D eigenvalue weighted by atomic mass is 16.4. The standard InChI is InChI=1S/C13H17N3O4/c14-13(20)16-10-6-4-9(5-7-10)12(19)15-8-2-1-3-11(17)18/h4-7H,1-3,8H2,(H,15,19)(H,17,18)(H3,14,16,20). The molecule has 0 aliphatic rings. The molecular weight excluding hydrogens is 262 g/mol. The van der Waals surface area contributed by atoms with Gasteiger partial charge >= 0.3 is 12.0 Å². The van der Waals surface area contributed by atoms with Gasteiger partial charge in [0.25, 0.3) is 5.91 Å². The number of anilines is 1. The number of nitrogens with two attached hydrogens (primary N) is 1. The number of rotatable bonds is 7. The van der Waals surface area contributed by atoms with Gasteiger partial charge in [0, 0.05) is 24.2 Å². The highest BCUT2D eigenvalue weighted by molar-refractivity contribution is 5.95. The second kappa shape index (κ2) is 7.78. The van der Waals surface area contributed by atoms with E-state index in [4.69, 9.17) is 10.8 Å². The Morgan fingerprint density at radius 2 is 1.75 bits per heavy atom. The Hall–Kier alpha value is -2.57. The number of aliphatic carboxylic acids is 1. The number of carbonyl (C=O) groups is 3. The summed E-state index contributed by atoms with van der Waals surface area (Å²) in [7, 11) is 0. The van der Waals surface area contributed by atoms with Crippen LogP contribution >= 0.6 is 0 Å². The van der Waals surface area contributed by atoms with Crippen LogP contribution in [0.2, 0.25) is 0 Å². The maximum Gasteiger partial charge on any atom is 0.316 e. The fourth-order valence-electron chi connectivity index (χ4n) is 1.55. The molecule has 5 N–H and O–H groups in total. The van der Waals surface area contributed by atoms with Gasteiger partial charge < -0.3 is 21.5 Å². The molecule has 0 aliphatic carbocycles. The van der Waals surface area contributed by atoms with Crippen molar-refractivity contribution in [1.82, 2.24) is 5.32 Å². The van der Waals surface area contributed by atoms with Crippen molar-refractivity contribution in [3.63, 3.8) is 0 Å². The van der Waals surface area contributed by atoms with Crippen LogP contribution in [0.4, 0.5) is 10.5 Å². The Labute approximate surface area is 116 Å². The lowest BCUT2D eigenvalue weighted by Gasteiger charge is -2.06. The van der Waals surface area contributed by atoms with Gasteiger partial charge in [0.2, 0.25) is 0 Å². The SMILES string of the molecule is NC(=O)Nc1ccc(C(=O)NCCCCC(=O)O)cc1. The number of primary amides is 1. The highest BCUT2D eigenvalue weighted by Gasteiger charge is 2.05. The third kappa shape index (κ3) is 5.85. The van der Waals surface area contributed by atoms with Crippen LogP contribution in [-0.2, 0) is 4.79 Å². The van der Waals surface area contributed by atoms with E-state index < -0.39 is 12.0 Å². The number of unbranched alkanes of at least 4 members (excludes halogenated alkanes) is 1. The number of hydrogen-bond acceptors (Lipinski definition) is 3. The quantitative estimate of drug-likeness (QED) is 0.559. The first-order valence-corrected chi connectivity index (χ1v) is 6.15. The van der Waals surface area contributed by atoms with E-state index in [0.717, 1.165) is 0 Å². The first-order chi connectivity index (χ1) is 9.49. The van der Waals surface area contributed by atoms with Gasteiger partial charge in [-0.25, -0.2) is 4.79 Å². The molecule has 0 spiro atoms. The molecular formula is C13H17N3O4. The van der Waals surface area contributed by atoms with E-state index in [1.165, 1.54) is 0 Å². The predicted molar refractivity (Wildman–Crippen MR) is 73.5 cm³/mol. The Bertz CT molecular complexity index is 485. The van der Waals surface area contributed by atoms with Gasteiger partial charge in [-0.15, -0.1) is 0 Å². The van der Waals surface area contributed by atoms with Gasteiger partial charge in [-0.1, -0.05) is 0 Å². The van der Waals surface area contributed by atoms with Crippen LogP contribution in [0.15, 0.2) is 24.3 Å². The van der Waals surface area contributed by atoms with Crippen molar-refractivity contribution in [2.75, 3.05) is 11.9 Å². The summed E-state index contributed by atoms with van der Waals surface area (Å²) in [5.74, 6) is -1.08. The predicted octanol–water partition coefficient (Wildman–Crippen LogP) is 1.16. The lowest BCUT2D eigenvalue weighted by Crippen LogP contribution is -2.24. The normalized spacial score (nSPS) is 9.80. The van der Waals surface area contributed by atoms with Crippen LogP contribution in [0.3, 0.4) is 0 Å². The van der Waals surface area contributed by atoms with Crippen molar-refractivity contribution in [2.45, 2.75) is 19.3 Å². The second-order valence-electron chi connectivity index (χ2n) is 4.17. The largest absolute Gasteiger partial charge is 0.481 e. The van der Waals surface area contributed by atoms with Crippen LogP contribution in [0, 0.1) is 0 Å². The number of carbonyl (C=O) groups excluding carboxylic acids is 2. The summed E-state index contributed by atoms with van der Waals surface area (Å²) in [5.41, 5.74) is 5.93. The number of urea groups is 1. The molecule has 0 atom stereocenters. The van der Waals surface area contributed by atoms with Crippen LogP contribution < -0.4 is 16.4 Å². The van der Waals surface area contributed by atoms with Crippen molar-refractivity contribution < 1.29 is 19.5 Å². The van der Waals surface area contributed by atoms with E-state index in [1.54, 1.807) is 24.3 Å². The molecule has 3 amide bonds. The molecule has 0 heterocycles. The van der Waals surface area contributed by atoms with E-state index in [0.29, 0.717) is 30.6 Å². The fraction of sp³-hybridized carbons (Fsp3) is 0.308. The molecule has 1 aromatic rings. The van der Waals surface area contributed by atoms with Crippen LogP contribution in [0.1, 0.15) is 29.6 Å². The van der Waals surface area contributed by atoms with Gasteiger partial charge in [0.15, 0.2) is 0 Å². The lowest BCUT2D eigenvalue weighted by molar-refractivity contribution is -0.137. The Balaban J connectivity index is 2.36. The van der Waals surface area contributed by atoms with Gasteiger partial charge in [0.1, 0.15) is 0 Å². The molecule has 7 nitrogen and oxygen atoms in total. The molecule has 0 aromatic heterocycles. The monoisotopic (exact) mass is 279 g/mol. The molecule has 0 fully saturated rings. The average molecular weight is 279 g/mol.